The number of likely N-dealkylation sites (tertiary alicyclic amines) is 1. The van der Waals surface area contributed by atoms with E-state index in [1.54, 1.807) is 0 Å². The summed E-state index contributed by atoms with van der Waals surface area (Å²) < 4.78 is 0. The molecular formula is C15H27NO3. The van der Waals surface area contributed by atoms with Crippen LogP contribution in [0.2, 0.25) is 0 Å². The molecule has 0 amide bonds. The van der Waals surface area contributed by atoms with Crippen LogP contribution in [-0.2, 0) is 9.59 Å². The van der Waals surface area contributed by atoms with Gasteiger partial charge in [-0.15, -0.1) is 0 Å². The lowest BCUT2D eigenvalue weighted by molar-refractivity contribution is -0.123. The number of hydrogen-bond donors (Lipinski definition) is 1. The highest BCUT2D eigenvalue weighted by Gasteiger charge is 2.44. The van der Waals surface area contributed by atoms with Gasteiger partial charge in [0.05, 0.1) is 6.10 Å². The van der Waals surface area contributed by atoms with Crippen molar-refractivity contribution in [2.75, 3.05) is 6.54 Å². The molecule has 0 aromatic carbocycles. The number of hydrogen-bond acceptors (Lipinski definition) is 4. The Kier molecular flexibility index (Phi) is 5.27. The summed E-state index contributed by atoms with van der Waals surface area (Å²) in [6, 6.07) is 0. The van der Waals surface area contributed by atoms with Gasteiger partial charge in [0.1, 0.15) is 12.1 Å². The van der Waals surface area contributed by atoms with E-state index in [2.05, 4.69) is 32.6 Å². The van der Waals surface area contributed by atoms with Crippen LogP contribution in [0.1, 0.15) is 59.8 Å². The van der Waals surface area contributed by atoms with Crippen molar-refractivity contribution in [2.45, 2.75) is 77.0 Å². The van der Waals surface area contributed by atoms with E-state index >= 15 is 0 Å². The van der Waals surface area contributed by atoms with Gasteiger partial charge in [0.25, 0.3) is 0 Å². The molecule has 1 fully saturated rings. The summed E-state index contributed by atoms with van der Waals surface area (Å²) in [6.07, 6.45) is 3.15. The molecule has 19 heavy (non-hydrogen) atoms. The molecule has 0 aromatic rings. The number of aliphatic hydroxyl groups is 1. The number of Topliss-reactive ketones (excluding diaryl/α,β-unsaturated/α-hetero) is 1. The summed E-state index contributed by atoms with van der Waals surface area (Å²) in [5, 5.41) is 9.96. The van der Waals surface area contributed by atoms with Gasteiger partial charge in [-0.05, 0) is 40.5 Å². The minimum absolute atomic E-state index is 0.105. The van der Waals surface area contributed by atoms with Gasteiger partial charge >= 0.3 is 0 Å². The fourth-order valence-corrected chi connectivity index (χ4v) is 3.45. The molecule has 0 atom stereocenters. The maximum Gasteiger partial charge on any atom is 0.134 e. The first-order chi connectivity index (χ1) is 8.69. The third-order valence-corrected chi connectivity index (χ3v) is 4.09. The first kappa shape index (κ1) is 16.3. The topological polar surface area (TPSA) is 57.6 Å². The van der Waals surface area contributed by atoms with E-state index in [0.717, 1.165) is 19.1 Å². The molecule has 0 unspecified atom stereocenters. The van der Waals surface area contributed by atoms with Crippen LogP contribution in [0, 0.1) is 0 Å². The van der Waals surface area contributed by atoms with Crippen molar-refractivity contribution in [1.29, 1.82) is 0 Å². The standard InChI is InChI=1S/C15H27NO3/c1-14(2)10-13(19)11-15(3,4)16(14)8-7-12(18)6-5-9-17/h9,13,19H,5-8,10-11H2,1-4H3. The van der Waals surface area contributed by atoms with Gasteiger partial charge in [0.15, 0.2) is 0 Å². The summed E-state index contributed by atoms with van der Waals surface area (Å²) in [6.45, 7) is 9.17. The third-order valence-electron chi connectivity index (χ3n) is 4.09. The first-order valence-electron chi connectivity index (χ1n) is 7.10. The molecular weight excluding hydrogens is 242 g/mol. The molecule has 0 bridgehead atoms. The lowest BCUT2D eigenvalue weighted by Gasteiger charge is -2.54. The lowest BCUT2D eigenvalue weighted by atomic mass is 9.78. The third kappa shape index (κ3) is 4.39. The van der Waals surface area contributed by atoms with E-state index in [4.69, 9.17) is 0 Å². The van der Waals surface area contributed by atoms with Crippen LogP contribution in [0.5, 0.6) is 0 Å². The van der Waals surface area contributed by atoms with E-state index in [1.807, 2.05) is 0 Å². The molecule has 1 aliphatic rings. The molecule has 0 spiro atoms. The van der Waals surface area contributed by atoms with Crippen LogP contribution < -0.4 is 0 Å². The predicted molar refractivity (Wildman–Crippen MR) is 75.0 cm³/mol. The Labute approximate surface area is 116 Å². The molecule has 4 heteroatoms. The summed E-state index contributed by atoms with van der Waals surface area (Å²) >= 11 is 0. The van der Waals surface area contributed by atoms with Crippen molar-refractivity contribution >= 4 is 12.1 Å². The van der Waals surface area contributed by atoms with Crippen molar-refractivity contribution in [3.63, 3.8) is 0 Å². The van der Waals surface area contributed by atoms with Crippen molar-refractivity contribution in [3.8, 4) is 0 Å². The summed E-state index contributed by atoms with van der Waals surface area (Å²) in [4.78, 5) is 24.3. The normalized spacial score (nSPS) is 23.2. The van der Waals surface area contributed by atoms with E-state index in [0.29, 0.717) is 25.8 Å². The van der Waals surface area contributed by atoms with Gasteiger partial charge in [0, 0.05) is 36.9 Å². The molecule has 0 aliphatic carbocycles. The van der Waals surface area contributed by atoms with Crippen LogP contribution in [0.25, 0.3) is 0 Å². The van der Waals surface area contributed by atoms with E-state index in [1.165, 1.54) is 0 Å². The van der Waals surface area contributed by atoms with E-state index in [-0.39, 0.29) is 23.0 Å². The maximum atomic E-state index is 11.7. The zero-order valence-electron chi connectivity index (χ0n) is 12.6. The number of piperidine rings is 1. The Bertz CT molecular complexity index is 318. The molecule has 1 N–H and O–H groups in total. The van der Waals surface area contributed by atoms with Crippen molar-refractivity contribution in [3.05, 3.63) is 0 Å². The van der Waals surface area contributed by atoms with Crippen LogP contribution >= 0.6 is 0 Å². The SMILES string of the molecule is CC1(C)CC(O)CC(C)(C)N1CCC(=O)CCC=O. The van der Waals surface area contributed by atoms with E-state index in [9.17, 15) is 14.7 Å². The Balaban J connectivity index is 2.63. The minimum atomic E-state index is -0.271. The van der Waals surface area contributed by atoms with Gasteiger partial charge in [-0.25, -0.2) is 0 Å². The molecule has 1 rings (SSSR count). The zero-order valence-corrected chi connectivity index (χ0v) is 12.6. The van der Waals surface area contributed by atoms with E-state index < -0.39 is 0 Å². The highest BCUT2D eigenvalue weighted by atomic mass is 16.3. The minimum Gasteiger partial charge on any atom is -0.393 e. The summed E-state index contributed by atoms with van der Waals surface area (Å²) in [5.74, 6) is 0.143. The van der Waals surface area contributed by atoms with Gasteiger partial charge in [0.2, 0.25) is 0 Å². The average molecular weight is 269 g/mol. The van der Waals surface area contributed by atoms with Crippen molar-refractivity contribution < 1.29 is 14.7 Å². The summed E-state index contributed by atoms with van der Waals surface area (Å²) in [7, 11) is 0. The Morgan fingerprint density at radius 2 is 1.74 bits per heavy atom. The lowest BCUT2D eigenvalue weighted by Crippen LogP contribution is -2.62. The van der Waals surface area contributed by atoms with Crippen LogP contribution in [0.4, 0.5) is 0 Å². The zero-order chi connectivity index (χ0) is 14.7. The second-order valence-electron chi connectivity index (χ2n) is 6.83. The number of ketones is 1. The van der Waals surface area contributed by atoms with Crippen molar-refractivity contribution in [2.24, 2.45) is 0 Å². The molecule has 4 nitrogen and oxygen atoms in total. The second kappa shape index (κ2) is 6.14. The number of aldehydes is 1. The van der Waals surface area contributed by atoms with Gasteiger partial charge in [-0.2, -0.15) is 0 Å². The predicted octanol–water partition coefficient (Wildman–Crippen LogP) is 1.94. The maximum absolute atomic E-state index is 11.7. The number of carbonyl (C=O) groups is 2. The van der Waals surface area contributed by atoms with Gasteiger partial charge in [-0.1, -0.05) is 0 Å². The molecule has 0 aromatic heterocycles. The smallest absolute Gasteiger partial charge is 0.134 e. The molecule has 0 saturated carbocycles. The molecule has 110 valence electrons. The van der Waals surface area contributed by atoms with Crippen LogP contribution in [-0.4, -0.2) is 45.8 Å². The fraction of sp³-hybridized carbons (Fsp3) is 0.867. The monoisotopic (exact) mass is 269 g/mol. The quantitative estimate of drug-likeness (QED) is 0.749. The Morgan fingerprint density at radius 1 is 1.21 bits per heavy atom. The highest BCUT2D eigenvalue weighted by molar-refractivity contribution is 5.80. The number of rotatable bonds is 6. The molecule has 1 aliphatic heterocycles. The Morgan fingerprint density at radius 3 is 2.21 bits per heavy atom. The first-order valence-corrected chi connectivity index (χ1v) is 7.10. The van der Waals surface area contributed by atoms with Gasteiger partial charge < -0.3 is 9.90 Å². The molecule has 0 radical (unpaired) electrons. The number of nitrogens with zero attached hydrogens (tertiary/aromatic N) is 1. The molecule has 1 heterocycles. The largest absolute Gasteiger partial charge is 0.393 e. The molecule has 1 saturated heterocycles. The number of carbonyl (C=O) groups excluding carboxylic acids is 2. The number of aliphatic hydroxyl groups excluding tert-OH is 1. The average Bonchev–Trinajstić information content (AvgIpc) is 2.22. The fourth-order valence-electron chi connectivity index (χ4n) is 3.45. The second-order valence-corrected chi connectivity index (χ2v) is 6.83. The summed E-state index contributed by atoms with van der Waals surface area (Å²) in [5.41, 5.74) is -0.210. The van der Waals surface area contributed by atoms with Crippen LogP contribution in [0.3, 0.4) is 0 Å². The van der Waals surface area contributed by atoms with Crippen molar-refractivity contribution in [1.82, 2.24) is 4.90 Å². The Hall–Kier alpha value is -0.740. The highest BCUT2D eigenvalue weighted by Crippen LogP contribution is 2.38. The van der Waals surface area contributed by atoms with Crippen LogP contribution in [0.15, 0.2) is 0 Å². The van der Waals surface area contributed by atoms with Gasteiger partial charge in [-0.3, -0.25) is 9.69 Å².